The molecular formula is C11H15N5O. The molecule has 1 aromatic rings. The largest absolute Gasteiger partial charge is 0.367 e. The molecule has 1 fully saturated rings. The molecule has 0 bridgehead atoms. The van der Waals surface area contributed by atoms with E-state index in [1.807, 2.05) is 0 Å². The number of terminal acetylenes is 1. The summed E-state index contributed by atoms with van der Waals surface area (Å²) in [6, 6.07) is 0. The molecule has 0 atom stereocenters. The second-order valence-corrected chi connectivity index (χ2v) is 4.22. The van der Waals surface area contributed by atoms with Gasteiger partial charge in [0.25, 0.3) is 0 Å². The topological polar surface area (TPSA) is 77.0 Å². The Morgan fingerprint density at radius 2 is 2.47 bits per heavy atom. The molecule has 1 aromatic heterocycles. The number of anilines is 1. The summed E-state index contributed by atoms with van der Waals surface area (Å²) in [7, 11) is 0. The Hall–Kier alpha value is -2.03. The van der Waals surface area contributed by atoms with Crippen molar-refractivity contribution in [1.29, 1.82) is 0 Å². The van der Waals surface area contributed by atoms with Crippen LogP contribution in [-0.4, -0.2) is 38.7 Å². The molecule has 0 spiro atoms. The Labute approximate surface area is 99.8 Å². The van der Waals surface area contributed by atoms with E-state index in [4.69, 9.17) is 12.2 Å². The van der Waals surface area contributed by atoms with Crippen LogP contribution in [0.2, 0.25) is 0 Å². The lowest BCUT2D eigenvalue weighted by Gasteiger charge is -2.19. The average molecular weight is 233 g/mol. The molecule has 0 unspecified atom stereocenters. The highest BCUT2D eigenvalue weighted by Gasteiger charge is 2.26. The van der Waals surface area contributed by atoms with Crippen LogP contribution in [0.4, 0.5) is 5.95 Å². The maximum absolute atomic E-state index is 12.0. The predicted molar refractivity (Wildman–Crippen MR) is 62.6 cm³/mol. The fourth-order valence-corrected chi connectivity index (χ4v) is 1.60. The fraction of sp³-hybridized carbons (Fsp3) is 0.545. The van der Waals surface area contributed by atoms with E-state index in [1.165, 1.54) is 23.9 Å². The van der Waals surface area contributed by atoms with Gasteiger partial charge in [-0.05, 0) is 18.8 Å². The minimum atomic E-state index is -0.0419. The first-order chi connectivity index (χ1) is 8.19. The van der Waals surface area contributed by atoms with Crippen LogP contribution in [0.5, 0.6) is 0 Å². The first-order valence-electron chi connectivity index (χ1n) is 5.55. The number of nitrogen functional groups attached to an aromatic ring is 1. The number of carbonyl (C=O) groups excluding carboxylic acids is 1. The van der Waals surface area contributed by atoms with Crippen LogP contribution >= 0.6 is 0 Å². The van der Waals surface area contributed by atoms with Gasteiger partial charge < -0.3 is 10.6 Å². The molecule has 2 N–H and O–H groups in total. The predicted octanol–water partition coefficient (Wildman–Crippen LogP) is -0.268. The van der Waals surface area contributed by atoms with Gasteiger partial charge in [-0.25, -0.2) is 9.67 Å². The SMILES string of the molecule is C#CCN(CC1CC1)C(=O)Cn1cnc(N)n1. The zero-order chi connectivity index (χ0) is 12.3. The molecule has 90 valence electrons. The Morgan fingerprint density at radius 3 is 3.00 bits per heavy atom. The number of hydrogen-bond donors (Lipinski definition) is 1. The van der Waals surface area contributed by atoms with Crippen molar-refractivity contribution >= 4 is 11.9 Å². The molecule has 0 aromatic carbocycles. The van der Waals surface area contributed by atoms with E-state index < -0.39 is 0 Å². The summed E-state index contributed by atoms with van der Waals surface area (Å²) < 4.78 is 1.42. The zero-order valence-corrected chi connectivity index (χ0v) is 9.54. The summed E-state index contributed by atoms with van der Waals surface area (Å²) in [5.74, 6) is 3.25. The standard InChI is InChI=1S/C11H15N5O/c1-2-5-15(6-9-3-4-9)10(17)7-16-8-13-11(12)14-16/h1,8-9H,3-7H2,(H2,12,14). The fourth-order valence-electron chi connectivity index (χ4n) is 1.60. The third-order valence-electron chi connectivity index (χ3n) is 2.66. The van der Waals surface area contributed by atoms with Gasteiger partial charge in [0.05, 0.1) is 6.54 Å². The van der Waals surface area contributed by atoms with E-state index in [2.05, 4.69) is 16.0 Å². The van der Waals surface area contributed by atoms with Crippen molar-refractivity contribution in [1.82, 2.24) is 19.7 Å². The van der Waals surface area contributed by atoms with Crippen molar-refractivity contribution in [3.8, 4) is 12.3 Å². The van der Waals surface area contributed by atoms with Crippen molar-refractivity contribution in [3.05, 3.63) is 6.33 Å². The van der Waals surface area contributed by atoms with Crippen molar-refractivity contribution in [2.24, 2.45) is 5.92 Å². The molecule has 0 aliphatic heterocycles. The number of nitrogens with zero attached hydrogens (tertiary/aromatic N) is 4. The minimum Gasteiger partial charge on any atom is -0.367 e. The molecule has 17 heavy (non-hydrogen) atoms. The van der Waals surface area contributed by atoms with Crippen LogP contribution in [0.3, 0.4) is 0 Å². The Kier molecular flexibility index (Phi) is 3.28. The first-order valence-corrected chi connectivity index (χ1v) is 5.55. The van der Waals surface area contributed by atoms with Crippen LogP contribution in [0.25, 0.3) is 0 Å². The number of nitrogens with two attached hydrogens (primary N) is 1. The molecular weight excluding hydrogens is 218 g/mol. The van der Waals surface area contributed by atoms with E-state index >= 15 is 0 Å². The van der Waals surface area contributed by atoms with E-state index in [0.29, 0.717) is 12.5 Å². The molecule has 1 saturated carbocycles. The highest BCUT2D eigenvalue weighted by atomic mass is 16.2. The van der Waals surface area contributed by atoms with Gasteiger partial charge in [0.2, 0.25) is 11.9 Å². The second-order valence-electron chi connectivity index (χ2n) is 4.22. The highest BCUT2D eigenvalue weighted by molar-refractivity contribution is 5.76. The lowest BCUT2D eigenvalue weighted by Crippen LogP contribution is -2.36. The maximum atomic E-state index is 12.0. The summed E-state index contributed by atoms with van der Waals surface area (Å²) in [6.45, 7) is 1.23. The summed E-state index contributed by atoms with van der Waals surface area (Å²) in [5.41, 5.74) is 5.38. The van der Waals surface area contributed by atoms with Gasteiger partial charge in [-0.2, -0.15) is 0 Å². The summed E-state index contributed by atoms with van der Waals surface area (Å²) in [5, 5.41) is 3.87. The van der Waals surface area contributed by atoms with Gasteiger partial charge in [0.1, 0.15) is 12.9 Å². The Morgan fingerprint density at radius 1 is 1.71 bits per heavy atom. The van der Waals surface area contributed by atoms with Crippen LogP contribution in [-0.2, 0) is 11.3 Å². The van der Waals surface area contributed by atoms with Gasteiger partial charge in [-0.1, -0.05) is 5.92 Å². The first kappa shape index (κ1) is 11.5. The molecule has 1 aliphatic carbocycles. The maximum Gasteiger partial charge on any atom is 0.245 e. The Balaban J connectivity index is 1.93. The average Bonchev–Trinajstić information content (AvgIpc) is 3.01. The molecule has 1 aliphatic rings. The van der Waals surface area contributed by atoms with Gasteiger partial charge in [0.15, 0.2) is 0 Å². The lowest BCUT2D eigenvalue weighted by molar-refractivity contribution is -0.131. The van der Waals surface area contributed by atoms with Gasteiger partial charge in [-0.15, -0.1) is 11.5 Å². The molecule has 6 nitrogen and oxygen atoms in total. The van der Waals surface area contributed by atoms with Gasteiger partial charge in [-0.3, -0.25) is 4.79 Å². The van der Waals surface area contributed by atoms with E-state index in [-0.39, 0.29) is 18.4 Å². The molecule has 1 heterocycles. The zero-order valence-electron chi connectivity index (χ0n) is 9.54. The van der Waals surface area contributed by atoms with Crippen molar-refractivity contribution < 1.29 is 4.79 Å². The summed E-state index contributed by atoms with van der Waals surface area (Å²) >= 11 is 0. The number of rotatable bonds is 5. The smallest absolute Gasteiger partial charge is 0.245 e. The normalized spacial score (nSPS) is 14.3. The molecule has 6 heteroatoms. The van der Waals surface area contributed by atoms with Gasteiger partial charge >= 0.3 is 0 Å². The van der Waals surface area contributed by atoms with E-state index in [1.54, 1.807) is 4.90 Å². The monoisotopic (exact) mass is 233 g/mol. The number of carbonyl (C=O) groups is 1. The quantitative estimate of drug-likeness (QED) is 0.710. The van der Waals surface area contributed by atoms with Crippen molar-refractivity contribution in [2.45, 2.75) is 19.4 Å². The van der Waals surface area contributed by atoms with Crippen LogP contribution in [0, 0.1) is 18.3 Å². The number of amides is 1. The number of hydrogen-bond acceptors (Lipinski definition) is 4. The summed E-state index contributed by atoms with van der Waals surface area (Å²) in [4.78, 5) is 17.4. The molecule has 0 radical (unpaired) electrons. The van der Waals surface area contributed by atoms with Crippen LogP contribution in [0.15, 0.2) is 6.33 Å². The Bertz CT molecular complexity index is 443. The van der Waals surface area contributed by atoms with Crippen LogP contribution in [0.1, 0.15) is 12.8 Å². The minimum absolute atomic E-state index is 0.0419. The van der Waals surface area contributed by atoms with Crippen molar-refractivity contribution in [3.63, 3.8) is 0 Å². The van der Waals surface area contributed by atoms with Gasteiger partial charge in [0, 0.05) is 6.54 Å². The molecule has 1 amide bonds. The van der Waals surface area contributed by atoms with Crippen LogP contribution < -0.4 is 5.73 Å². The summed E-state index contributed by atoms with van der Waals surface area (Å²) in [6.07, 6.45) is 9.08. The number of aromatic nitrogens is 3. The van der Waals surface area contributed by atoms with E-state index in [0.717, 1.165) is 6.54 Å². The lowest BCUT2D eigenvalue weighted by atomic mass is 10.3. The molecule has 0 saturated heterocycles. The molecule has 2 rings (SSSR count). The second kappa shape index (κ2) is 4.87. The van der Waals surface area contributed by atoms with E-state index in [9.17, 15) is 4.79 Å². The third-order valence-corrected chi connectivity index (χ3v) is 2.66. The highest BCUT2D eigenvalue weighted by Crippen LogP contribution is 2.29. The third kappa shape index (κ3) is 3.21. The van der Waals surface area contributed by atoms with Crippen molar-refractivity contribution in [2.75, 3.05) is 18.8 Å².